The Balaban J connectivity index is 2.34. The van der Waals surface area contributed by atoms with E-state index in [0.29, 0.717) is 16.0 Å². The van der Waals surface area contributed by atoms with Gasteiger partial charge in [0.2, 0.25) is 0 Å². The molecule has 0 saturated carbocycles. The molecule has 0 aliphatic rings. The lowest BCUT2D eigenvalue weighted by molar-refractivity contribution is 0.631. The third-order valence-electron chi connectivity index (χ3n) is 2.04. The summed E-state index contributed by atoms with van der Waals surface area (Å²) >= 11 is 3.29. The average molecular weight is 282 g/mol. The van der Waals surface area contributed by atoms with Crippen LogP contribution in [0.15, 0.2) is 35.2 Å². The van der Waals surface area contributed by atoms with Crippen LogP contribution in [-0.4, -0.2) is 9.97 Å². The van der Waals surface area contributed by atoms with Crippen molar-refractivity contribution in [2.45, 2.75) is 6.92 Å². The van der Waals surface area contributed by atoms with E-state index >= 15 is 0 Å². The van der Waals surface area contributed by atoms with Crippen molar-refractivity contribution in [1.82, 2.24) is 9.97 Å². The molecule has 0 amide bonds. The van der Waals surface area contributed by atoms with Gasteiger partial charge in [0.05, 0.1) is 10.2 Å². The van der Waals surface area contributed by atoms with Gasteiger partial charge < -0.3 is 5.32 Å². The van der Waals surface area contributed by atoms with Gasteiger partial charge in [0.25, 0.3) is 0 Å². The Bertz CT molecular complexity index is 516. The summed E-state index contributed by atoms with van der Waals surface area (Å²) in [5.41, 5.74) is 1.38. The first-order valence-electron chi connectivity index (χ1n) is 4.65. The molecule has 1 aromatic heterocycles. The fourth-order valence-electron chi connectivity index (χ4n) is 1.27. The second-order valence-electron chi connectivity index (χ2n) is 3.33. The molecule has 2 aromatic rings. The van der Waals surface area contributed by atoms with E-state index in [1.165, 1.54) is 12.4 Å². The van der Waals surface area contributed by atoms with Crippen LogP contribution in [0, 0.1) is 12.7 Å². The quantitative estimate of drug-likeness (QED) is 0.917. The van der Waals surface area contributed by atoms with Crippen molar-refractivity contribution in [3.8, 4) is 0 Å². The van der Waals surface area contributed by atoms with E-state index in [0.717, 1.165) is 5.56 Å². The van der Waals surface area contributed by atoms with Gasteiger partial charge in [0.15, 0.2) is 0 Å². The lowest BCUT2D eigenvalue weighted by Crippen LogP contribution is -1.98. The molecule has 1 aromatic carbocycles. The van der Waals surface area contributed by atoms with Gasteiger partial charge >= 0.3 is 0 Å². The second-order valence-corrected chi connectivity index (χ2v) is 4.18. The third-order valence-corrected chi connectivity index (χ3v) is 2.62. The zero-order valence-corrected chi connectivity index (χ0v) is 10.1. The van der Waals surface area contributed by atoms with Crippen LogP contribution in [0.1, 0.15) is 5.56 Å². The van der Waals surface area contributed by atoms with Crippen molar-refractivity contribution < 1.29 is 4.39 Å². The molecule has 2 rings (SSSR count). The van der Waals surface area contributed by atoms with Gasteiger partial charge in [-0.1, -0.05) is 6.07 Å². The molecule has 0 atom stereocenters. The highest BCUT2D eigenvalue weighted by atomic mass is 79.9. The smallest absolute Gasteiger partial charge is 0.148 e. The largest absolute Gasteiger partial charge is 0.337 e. The molecule has 0 aliphatic heterocycles. The Hall–Kier alpha value is -1.49. The van der Waals surface area contributed by atoms with Crippen molar-refractivity contribution in [3.05, 3.63) is 46.6 Å². The molecule has 1 N–H and O–H groups in total. The van der Waals surface area contributed by atoms with Gasteiger partial charge in [-0.25, -0.2) is 14.4 Å². The van der Waals surface area contributed by atoms with Gasteiger partial charge in [0.1, 0.15) is 18.0 Å². The van der Waals surface area contributed by atoms with E-state index in [-0.39, 0.29) is 5.82 Å². The SMILES string of the molecule is Cc1ccc(F)c(Nc2ncncc2Br)c1. The molecule has 82 valence electrons. The van der Waals surface area contributed by atoms with E-state index in [2.05, 4.69) is 31.2 Å². The fourth-order valence-corrected chi connectivity index (χ4v) is 1.59. The lowest BCUT2D eigenvalue weighted by Gasteiger charge is -2.08. The van der Waals surface area contributed by atoms with Crippen LogP contribution in [0.5, 0.6) is 0 Å². The summed E-state index contributed by atoms with van der Waals surface area (Å²) in [7, 11) is 0. The molecule has 5 heteroatoms. The van der Waals surface area contributed by atoms with Crippen molar-refractivity contribution in [2.75, 3.05) is 5.32 Å². The molecular formula is C11H9BrFN3. The number of rotatable bonds is 2. The Labute approximate surface area is 101 Å². The highest BCUT2D eigenvalue weighted by Gasteiger charge is 2.05. The lowest BCUT2D eigenvalue weighted by atomic mass is 10.2. The van der Waals surface area contributed by atoms with Gasteiger partial charge in [0, 0.05) is 6.20 Å². The molecule has 0 radical (unpaired) electrons. The fraction of sp³-hybridized carbons (Fsp3) is 0.0909. The predicted octanol–water partition coefficient (Wildman–Crippen LogP) is 3.43. The summed E-state index contributed by atoms with van der Waals surface area (Å²) < 4.78 is 14.2. The summed E-state index contributed by atoms with van der Waals surface area (Å²) in [6, 6.07) is 4.87. The van der Waals surface area contributed by atoms with Crippen molar-refractivity contribution >= 4 is 27.4 Å². The van der Waals surface area contributed by atoms with E-state index in [4.69, 9.17) is 0 Å². The number of aromatic nitrogens is 2. The van der Waals surface area contributed by atoms with Crippen molar-refractivity contribution in [3.63, 3.8) is 0 Å². The molecule has 0 saturated heterocycles. The Morgan fingerprint density at radius 2 is 2.19 bits per heavy atom. The monoisotopic (exact) mass is 281 g/mol. The number of halogens is 2. The van der Waals surface area contributed by atoms with Gasteiger partial charge in [-0.3, -0.25) is 0 Å². The molecule has 0 unspecified atom stereocenters. The highest BCUT2D eigenvalue weighted by molar-refractivity contribution is 9.10. The first kappa shape index (κ1) is 11.0. The average Bonchev–Trinajstić information content (AvgIpc) is 2.27. The second kappa shape index (κ2) is 4.57. The topological polar surface area (TPSA) is 37.8 Å². The normalized spacial score (nSPS) is 10.2. The number of hydrogen-bond acceptors (Lipinski definition) is 3. The van der Waals surface area contributed by atoms with E-state index in [1.807, 2.05) is 6.92 Å². The summed E-state index contributed by atoms with van der Waals surface area (Å²) in [6.45, 7) is 1.90. The van der Waals surface area contributed by atoms with Crippen LogP contribution in [0.25, 0.3) is 0 Å². The Morgan fingerprint density at radius 1 is 1.38 bits per heavy atom. The molecule has 16 heavy (non-hydrogen) atoms. The number of anilines is 2. The zero-order chi connectivity index (χ0) is 11.5. The summed E-state index contributed by atoms with van der Waals surface area (Å²) in [6.07, 6.45) is 3.00. The van der Waals surface area contributed by atoms with Gasteiger partial charge in [-0.2, -0.15) is 0 Å². The molecule has 1 heterocycles. The molecule has 0 bridgehead atoms. The van der Waals surface area contributed by atoms with Crippen LogP contribution in [0.2, 0.25) is 0 Å². The van der Waals surface area contributed by atoms with Crippen LogP contribution < -0.4 is 5.32 Å². The minimum Gasteiger partial charge on any atom is -0.337 e. The number of nitrogens with zero attached hydrogens (tertiary/aromatic N) is 2. The molecule has 0 aliphatic carbocycles. The maximum atomic E-state index is 13.5. The minimum atomic E-state index is -0.309. The highest BCUT2D eigenvalue weighted by Crippen LogP contribution is 2.24. The minimum absolute atomic E-state index is 0.309. The molecular weight excluding hydrogens is 273 g/mol. The van der Waals surface area contributed by atoms with Crippen molar-refractivity contribution in [2.24, 2.45) is 0 Å². The molecule has 0 spiro atoms. The van der Waals surface area contributed by atoms with E-state index in [9.17, 15) is 4.39 Å². The van der Waals surface area contributed by atoms with Crippen LogP contribution in [-0.2, 0) is 0 Å². The number of nitrogens with one attached hydrogen (secondary N) is 1. The number of benzene rings is 1. The van der Waals surface area contributed by atoms with Crippen LogP contribution in [0.4, 0.5) is 15.9 Å². The third kappa shape index (κ3) is 2.36. The molecule has 3 nitrogen and oxygen atoms in total. The van der Waals surface area contributed by atoms with Gasteiger partial charge in [-0.05, 0) is 40.5 Å². The predicted molar refractivity (Wildman–Crippen MR) is 64.2 cm³/mol. The first-order valence-corrected chi connectivity index (χ1v) is 5.45. The molecule has 0 fully saturated rings. The summed E-state index contributed by atoms with van der Waals surface area (Å²) in [4.78, 5) is 7.84. The maximum absolute atomic E-state index is 13.5. The van der Waals surface area contributed by atoms with Crippen LogP contribution in [0.3, 0.4) is 0 Å². The zero-order valence-electron chi connectivity index (χ0n) is 8.54. The van der Waals surface area contributed by atoms with Crippen molar-refractivity contribution in [1.29, 1.82) is 0 Å². The van der Waals surface area contributed by atoms with E-state index in [1.54, 1.807) is 18.3 Å². The Morgan fingerprint density at radius 3 is 2.94 bits per heavy atom. The number of hydrogen-bond donors (Lipinski definition) is 1. The summed E-state index contributed by atoms with van der Waals surface area (Å²) in [5.74, 6) is 0.232. The van der Waals surface area contributed by atoms with Crippen LogP contribution >= 0.6 is 15.9 Å². The first-order chi connectivity index (χ1) is 7.66. The number of aryl methyl sites for hydroxylation is 1. The standard InChI is InChI=1S/C11H9BrFN3/c1-7-2-3-9(13)10(4-7)16-11-8(12)5-14-6-15-11/h2-6H,1H3,(H,14,15,16). The van der Waals surface area contributed by atoms with Gasteiger partial charge in [-0.15, -0.1) is 0 Å². The maximum Gasteiger partial charge on any atom is 0.148 e. The van der Waals surface area contributed by atoms with E-state index < -0.39 is 0 Å². The summed E-state index contributed by atoms with van der Waals surface area (Å²) in [5, 5.41) is 2.91. The Kier molecular flexibility index (Phi) is 3.14.